The van der Waals surface area contributed by atoms with Gasteiger partial charge in [0.25, 0.3) is 0 Å². The summed E-state index contributed by atoms with van der Waals surface area (Å²) in [6.45, 7) is 0.403. The summed E-state index contributed by atoms with van der Waals surface area (Å²) in [6, 6.07) is 13.4. The maximum absolute atomic E-state index is 14.3. The van der Waals surface area contributed by atoms with Crippen LogP contribution in [0.2, 0.25) is 0 Å². The molecular weight excluding hydrogens is 494 g/mol. The molecule has 3 aromatic rings. The third kappa shape index (κ3) is 7.03. The van der Waals surface area contributed by atoms with Crippen molar-refractivity contribution in [3.8, 4) is 22.4 Å². The quantitative estimate of drug-likeness (QED) is 0.315. The second-order valence-corrected chi connectivity index (χ2v) is 10.0. The molecule has 1 aromatic heterocycles. The SMILES string of the molecule is O=C(O)COC[C@H]1CC[C@H](Cn2nc(-c3ccccc3)c(-c3ccc(F)c(F)c3)c2CC[C@H](O)CO)CC1. The molecule has 0 saturated heterocycles. The molecule has 38 heavy (non-hydrogen) atoms. The molecule has 1 aliphatic rings. The standard InChI is InChI=1S/C29H34F2N2O5/c30-24-12-10-22(14-25(24)31)28-26(13-11-23(35)16-34)33(32-29(28)21-4-2-1-3-5-21)15-19-6-8-20(9-7-19)17-38-18-27(36)37/h1-5,10,12,14,19-20,23,34-35H,6-9,11,13,15-18H2,(H,36,37)/t19-,20-,23-/m0/s1. The van der Waals surface area contributed by atoms with Crippen LogP contribution in [0.5, 0.6) is 0 Å². The van der Waals surface area contributed by atoms with Crippen molar-refractivity contribution in [2.45, 2.75) is 51.2 Å². The van der Waals surface area contributed by atoms with E-state index in [0.717, 1.165) is 43.0 Å². The zero-order valence-corrected chi connectivity index (χ0v) is 21.2. The first kappa shape index (κ1) is 27.9. The number of carboxylic acids is 1. The maximum Gasteiger partial charge on any atom is 0.329 e. The Hall–Kier alpha value is -3.14. The normalized spacial score (nSPS) is 18.4. The van der Waals surface area contributed by atoms with Gasteiger partial charge in [-0.05, 0) is 68.1 Å². The summed E-state index contributed by atoms with van der Waals surface area (Å²) in [5, 5.41) is 33.2. The number of halogens is 2. The van der Waals surface area contributed by atoms with Crippen molar-refractivity contribution in [3.63, 3.8) is 0 Å². The Kier molecular flexibility index (Phi) is 9.60. The van der Waals surface area contributed by atoms with E-state index in [0.29, 0.717) is 54.6 Å². The summed E-state index contributed by atoms with van der Waals surface area (Å²) in [5.74, 6) is -2.20. The number of hydrogen-bond acceptors (Lipinski definition) is 5. The predicted molar refractivity (Wildman–Crippen MR) is 138 cm³/mol. The van der Waals surface area contributed by atoms with Gasteiger partial charge in [0, 0.05) is 23.4 Å². The van der Waals surface area contributed by atoms with E-state index < -0.39 is 23.7 Å². The number of hydrogen-bond donors (Lipinski definition) is 3. The molecule has 9 heteroatoms. The van der Waals surface area contributed by atoms with Gasteiger partial charge in [0.15, 0.2) is 11.6 Å². The minimum atomic E-state index is -0.970. The molecule has 7 nitrogen and oxygen atoms in total. The average molecular weight is 529 g/mol. The minimum absolute atomic E-state index is 0.286. The molecule has 0 aliphatic heterocycles. The van der Waals surface area contributed by atoms with E-state index in [1.807, 2.05) is 35.0 Å². The number of ether oxygens (including phenoxy) is 1. The summed E-state index contributed by atoms with van der Waals surface area (Å²) >= 11 is 0. The van der Waals surface area contributed by atoms with Crippen LogP contribution >= 0.6 is 0 Å². The second kappa shape index (κ2) is 13.1. The molecule has 204 valence electrons. The summed E-state index contributed by atoms with van der Waals surface area (Å²) in [5.41, 5.74) is 3.49. The van der Waals surface area contributed by atoms with Crippen LogP contribution in [0.25, 0.3) is 22.4 Å². The van der Waals surface area contributed by atoms with Crippen molar-refractivity contribution in [1.29, 1.82) is 0 Å². The van der Waals surface area contributed by atoms with Gasteiger partial charge in [-0.25, -0.2) is 13.6 Å². The van der Waals surface area contributed by atoms with Gasteiger partial charge in [-0.1, -0.05) is 36.4 Å². The summed E-state index contributed by atoms with van der Waals surface area (Å²) in [4.78, 5) is 10.7. The Morgan fingerprint density at radius 2 is 1.74 bits per heavy atom. The Morgan fingerprint density at radius 3 is 2.39 bits per heavy atom. The molecule has 3 N–H and O–H groups in total. The van der Waals surface area contributed by atoms with Gasteiger partial charge in [-0.3, -0.25) is 4.68 Å². The van der Waals surface area contributed by atoms with E-state index in [4.69, 9.17) is 14.9 Å². The highest BCUT2D eigenvalue weighted by atomic mass is 19.2. The maximum atomic E-state index is 14.3. The van der Waals surface area contributed by atoms with Crippen LogP contribution in [0, 0.1) is 23.5 Å². The molecule has 0 radical (unpaired) electrons. The lowest BCUT2D eigenvalue weighted by molar-refractivity contribution is -0.142. The zero-order valence-electron chi connectivity index (χ0n) is 21.2. The number of aliphatic hydroxyl groups excluding tert-OH is 2. The molecular formula is C29H34F2N2O5. The predicted octanol–water partition coefficient (Wildman–Crippen LogP) is 4.69. The molecule has 1 aliphatic carbocycles. The fourth-order valence-electron chi connectivity index (χ4n) is 5.19. The first-order valence-corrected chi connectivity index (χ1v) is 13.0. The van der Waals surface area contributed by atoms with Gasteiger partial charge >= 0.3 is 5.97 Å². The van der Waals surface area contributed by atoms with Gasteiger partial charge in [-0.15, -0.1) is 0 Å². The first-order valence-electron chi connectivity index (χ1n) is 13.0. The van der Waals surface area contributed by atoms with Crippen molar-refractivity contribution in [2.75, 3.05) is 19.8 Å². The molecule has 0 unspecified atom stereocenters. The summed E-state index contributed by atoms with van der Waals surface area (Å²) < 4.78 is 35.4. The smallest absolute Gasteiger partial charge is 0.329 e. The number of carbonyl (C=O) groups is 1. The topological polar surface area (TPSA) is 105 Å². The van der Waals surface area contributed by atoms with Crippen molar-refractivity contribution in [1.82, 2.24) is 9.78 Å². The van der Waals surface area contributed by atoms with E-state index in [1.165, 1.54) is 6.07 Å². The second-order valence-electron chi connectivity index (χ2n) is 10.0. The largest absolute Gasteiger partial charge is 0.480 e. The van der Waals surface area contributed by atoms with Crippen molar-refractivity contribution < 1.29 is 33.6 Å². The van der Waals surface area contributed by atoms with Crippen LogP contribution in [0.3, 0.4) is 0 Å². The monoisotopic (exact) mass is 528 g/mol. The third-order valence-corrected chi connectivity index (χ3v) is 7.21. The van der Waals surface area contributed by atoms with Crippen LogP contribution < -0.4 is 0 Å². The number of rotatable bonds is 12. The average Bonchev–Trinajstić information content (AvgIpc) is 3.28. The van der Waals surface area contributed by atoms with Gasteiger partial charge in [-0.2, -0.15) is 5.10 Å². The fraction of sp³-hybridized carbons (Fsp3) is 0.448. The van der Waals surface area contributed by atoms with Gasteiger partial charge in [0.1, 0.15) is 12.3 Å². The van der Waals surface area contributed by atoms with Crippen LogP contribution in [0.1, 0.15) is 37.8 Å². The van der Waals surface area contributed by atoms with Crippen LogP contribution in [-0.2, 0) is 22.5 Å². The fourth-order valence-corrected chi connectivity index (χ4v) is 5.19. The Bertz CT molecular complexity index is 1210. The Labute approximate surface area is 220 Å². The lowest BCUT2D eigenvalue weighted by Gasteiger charge is -2.28. The number of carboxylic acid groups (broad SMARTS) is 1. The van der Waals surface area contributed by atoms with E-state index in [9.17, 15) is 23.8 Å². The Balaban J connectivity index is 1.65. The number of nitrogens with zero attached hydrogens (tertiary/aromatic N) is 2. The molecule has 4 rings (SSSR count). The molecule has 0 bridgehead atoms. The lowest BCUT2D eigenvalue weighted by atomic mass is 9.82. The molecule has 0 amide bonds. The molecule has 1 atom stereocenters. The van der Waals surface area contributed by atoms with E-state index in [2.05, 4.69) is 0 Å². The Morgan fingerprint density at radius 1 is 1.03 bits per heavy atom. The van der Waals surface area contributed by atoms with E-state index >= 15 is 0 Å². The van der Waals surface area contributed by atoms with Gasteiger partial charge in [0.2, 0.25) is 0 Å². The van der Waals surface area contributed by atoms with Gasteiger partial charge in [0.05, 0.1) is 19.3 Å². The third-order valence-electron chi connectivity index (χ3n) is 7.21. The highest BCUT2D eigenvalue weighted by molar-refractivity contribution is 5.83. The molecule has 1 heterocycles. The van der Waals surface area contributed by atoms with Crippen LogP contribution in [0.15, 0.2) is 48.5 Å². The van der Waals surface area contributed by atoms with Gasteiger partial charge < -0.3 is 20.1 Å². The molecule has 2 aromatic carbocycles. The lowest BCUT2D eigenvalue weighted by Crippen LogP contribution is -2.24. The number of aliphatic carboxylic acids is 1. The van der Waals surface area contributed by atoms with Crippen LogP contribution in [0.4, 0.5) is 8.78 Å². The van der Waals surface area contributed by atoms with Crippen molar-refractivity contribution >= 4 is 5.97 Å². The summed E-state index contributed by atoms with van der Waals surface area (Å²) in [6.07, 6.45) is 3.49. The van der Waals surface area contributed by atoms with Crippen molar-refractivity contribution in [2.24, 2.45) is 11.8 Å². The first-order chi connectivity index (χ1) is 18.4. The zero-order chi connectivity index (χ0) is 27.1. The highest BCUT2D eigenvalue weighted by Crippen LogP contribution is 2.38. The molecule has 1 saturated carbocycles. The van der Waals surface area contributed by atoms with E-state index in [1.54, 1.807) is 6.07 Å². The molecule has 1 fully saturated rings. The minimum Gasteiger partial charge on any atom is -0.480 e. The van der Waals surface area contributed by atoms with Crippen molar-refractivity contribution in [3.05, 3.63) is 65.9 Å². The molecule has 0 spiro atoms. The number of aliphatic hydroxyl groups is 2. The van der Waals surface area contributed by atoms with E-state index in [-0.39, 0.29) is 13.2 Å². The number of benzene rings is 2. The summed E-state index contributed by atoms with van der Waals surface area (Å²) in [7, 11) is 0. The number of aromatic nitrogens is 2. The van der Waals surface area contributed by atoms with Crippen LogP contribution in [-0.4, -0.2) is 57.0 Å². The highest BCUT2D eigenvalue weighted by Gasteiger charge is 2.26.